The highest BCUT2D eigenvalue weighted by molar-refractivity contribution is 4.96. The maximum absolute atomic E-state index is 5.87. The molecule has 1 aliphatic carbocycles. The molecule has 4 nitrogen and oxygen atoms in total. The molecule has 2 aliphatic heterocycles. The average Bonchev–Trinajstić information content (AvgIpc) is 2.88. The first-order valence-electron chi connectivity index (χ1n) is 7.52. The molecule has 18 heavy (non-hydrogen) atoms. The first-order chi connectivity index (χ1) is 8.83. The lowest BCUT2D eigenvalue weighted by Gasteiger charge is -2.46. The van der Waals surface area contributed by atoms with E-state index < -0.39 is 0 Å². The largest absolute Gasteiger partial charge is 0.347 e. The van der Waals surface area contributed by atoms with E-state index in [4.69, 9.17) is 9.47 Å². The molecule has 3 aliphatic rings. The highest BCUT2D eigenvalue weighted by Gasteiger charge is 2.46. The van der Waals surface area contributed by atoms with Gasteiger partial charge in [0.15, 0.2) is 5.79 Å². The van der Waals surface area contributed by atoms with E-state index in [2.05, 4.69) is 17.3 Å². The van der Waals surface area contributed by atoms with Gasteiger partial charge in [0.05, 0.1) is 13.2 Å². The molecule has 2 heterocycles. The highest BCUT2D eigenvalue weighted by Crippen LogP contribution is 2.38. The summed E-state index contributed by atoms with van der Waals surface area (Å²) >= 11 is 0. The number of nitrogens with one attached hydrogen (secondary N) is 1. The Bertz CT molecular complexity index is 273. The maximum Gasteiger partial charge on any atom is 0.170 e. The molecular weight excluding hydrogens is 228 g/mol. The van der Waals surface area contributed by atoms with Crippen LogP contribution in [0.5, 0.6) is 0 Å². The van der Waals surface area contributed by atoms with Gasteiger partial charge < -0.3 is 14.8 Å². The number of likely N-dealkylation sites (N-methyl/N-ethyl adjacent to an activating group) is 1. The van der Waals surface area contributed by atoms with E-state index in [0.717, 1.165) is 26.1 Å². The molecule has 2 atom stereocenters. The topological polar surface area (TPSA) is 33.7 Å². The van der Waals surface area contributed by atoms with E-state index in [-0.39, 0.29) is 5.79 Å². The van der Waals surface area contributed by atoms with Crippen LogP contribution >= 0.6 is 0 Å². The van der Waals surface area contributed by atoms with Crippen molar-refractivity contribution in [1.29, 1.82) is 0 Å². The Hall–Kier alpha value is -0.160. The van der Waals surface area contributed by atoms with Crippen LogP contribution in [0.1, 0.15) is 38.5 Å². The lowest BCUT2D eigenvalue weighted by Crippen LogP contribution is -2.57. The van der Waals surface area contributed by atoms with Crippen molar-refractivity contribution in [3.05, 3.63) is 0 Å². The second-order valence-electron chi connectivity index (χ2n) is 5.91. The molecule has 104 valence electrons. The van der Waals surface area contributed by atoms with E-state index in [1.54, 1.807) is 0 Å². The standard InChI is InChI=1S/C14H26N2O2/c1-15-12-11-14(17-9-10-18-14)6-5-13(12)16-7-3-2-4-8-16/h12-13,15H,2-11H2,1H3/t12-,13-/m1/s1. The van der Waals surface area contributed by atoms with Crippen LogP contribution < -0.4 is 5.32 Å². The third-order valence-electron chi connectivity index (χ3n) is 4.86. The van der Waals surface area contributed by atoms with Crippen molar-refractivity contribution in [1.82, 2.24) is 10.2 Å². The van der Waals surface area contributed by atoms with Crippen LogP contribution in [0.3, 0.4) is 0 Å². The zero-order valence-electron chi connectivity index (χ0n) is 11.5. The van der Waals surface area contributed by atoms with Gasteiger partial charge in [-0.25, -0.2) is 0 Å². The van der Waals surface area contributed by atoms with Gasteiger partial charge in [-0.1, -0.05) is 6.42 Å². The summed E-state index contributed by atoms with van der Waals surface area (Å²) in [6.07, 6.45) is 7.41. The molecule has 0 aromatic heterocycles. The van der Waals surface area contributed by atoms with Crippen LogP contribution in [0.2, 0.25) is 0 Å². The molecule has 1 N–H and O–H groups in total. The van der Waals surface area contributed by atoms with E-state index in [1.807, 2.05) is 0 Å². The van der Waals surface area contributed by atoms with Gasteiger partial charge in [-0.05, 0) is 39.4 Å². The molecule has 0 radical (unpaired) electrons. The summed E-state index contributed by atoms with van der Waals surface area (Å²) < 4.78 is 11.7. The van der Waals surface area contributed by atoms with Gasteiger partial charge in [-0.2, -0.15) is 0 Å². The molecule has 0 aromatic rings. The average molecular weight is 254 g/mol. The smallest absolute Gasteiger partial charge is 0.170 e. The van der Waals surface area contributed by atoms with E-state index in [9.17, 15) is 0 Å². The Morgan fingerprint density at radius 1 is 1.11 bits per heavy atom. The fourth-order valence-electron chi connectivity index (χ4n) is 3.88. The number of rotatable bonds is 2. The molecule has 0 amide bonds. The van der Waals surface area contributed by atoms with Gasteiger partial charge in [-0.3, -0.25) is 4.90 Å². The Balaban J connectivity index is 1.65. The Labute approximate surface area is 110 Å². The predicted molar refractivity (Wildman–Crippen MR) is 70.5 cm³/mol. The van der Waals surface area contributed by atoms with Crippen molar-refractivity contribution < 1.29 is 9.47 Å². The van der Waals surface area contributed by atoms with E-state index in [0.29, 0.717) is 12.1 Å². The number of hydrogen-bond donors (Lipinski definition) is 1. The zero-order valence-corrected chi connectivity index (χ0v) is 11.5. The lowest BCUT2D eigenvalue weighted by atomic mass is 9.84. The number of ether oxygens (including phenoxy) is 2. The summed E-state index contributed by atoms with van der Waals surface area (Å²) in [5.74, 6) is -0.264. The molecule has 2 saturated heterocycles. The van der Waals surface area contributed by atoms with Crippen molar-refractivity contribution in [2.75, 3.05) is 33.4 Å². The van der Waals surface area contributed by atoms with Gasteiger partial charge in [-0.15, -0.1) is 0 Å². The van der Waals surface area contributed by atoms with E-state index in [1.165, 1.54) is 38.8 Å². The Morgan fingerprint density at radius 2 is 1.83 bits per heavy atom. The minimum atomic E-state index is -0.264. The van der Waals surface area contributed by atoms with Gasteiger partial charge in [0.1, 0.15) is 0 Å². The van der Waals surface area contributed by atoms with Crippen molar-refractivity contribution in [3.8, 4) is 0 Å². The fraction of sp³-hybridized carbons (Fsp3) is 1.00. The van der Waals surface area contributed by atoms with Crippen LogP contribution in [0, 0.1) is 0 Å². The van der Waals surface area contributed by atoms with Crippen LogP contribution in [0.4, 0.5) is 0 Å². The maximum atomic E-state index is 5.87. The number of piperidine rings is 1. The van der Waals surface area contributed by atoms with Gasteiger partial charge in [0.25, 0.3) is 0 Å². The summed E-state index contributed by atoms with van der Waals surface area (Å²) in [5, 5.41) is 3.50. The minimum Gasteiger partial charge on any atom is -0.347 e. The first kappa shape index (κ1) is 12.9. The summed E-state index contributed by atoms with van der Waals surface area (Å²) in [4.78, 5) is 2.69. The molecule has 0 bridgehead atoms. The Kier molecular flexibility index (Phi) is 3.89. The van der Waals surface area contributed by atoms with E-state index >= 15 is 0 Å². The summed E-state index contributed by atoms with van der Waals surface area (Å²) in [7, 11) is 2.08. The summed E-state index contributed by atoms with van der Waals surface area (Å²) in [6.45, 7) is 4.09. The fourth-order valence-corrected chi connectivity index (χ4v) is 3.88. The highest BCUT2D eigenvalue weighted by atomic mass is 16.7. The van der Waals surface area contributed by atoms with Gasteiger partial charge >= 0.3 is 0 Å². The third-order valence-corrected chi connectivity index (χ3v) is 4.86. The molecule has 4 heteroatoms. The molecule has 1 spiro atoms. The monoisotopic (exact) mass is 254 g/mol. The Morgan fingerprint density at radius 3 is 2.50 bits per heavy atom. The van der Waals surface area contributed by atoms with Crippen molar-refractivity contribution in [2.45, 2.75) is 56.4 Å². The zero-order chi connectivity index (χ0) is 12.4. The van der Waals surface area contributed by atoms with Crippen molar-refractivity contribution in [2.24, 2.45) is 0 Å². The van der Waals surface area contributed by atoms with Gasteiger partial charge in [0, 0.05) is 24.9 Å². The molecule has 3 fully saturated rings. The van der Waals surface area contributed by atoms with Crippen molar-refractivity contribution in [3.63, 3.8) is 0 Å². The molecule has 3 rings (SSSR count). The lowest BCUT2D eigenvalue weighted by molar-refractivity contribution is -0.190. The SMILES string of the molecule is CN[C@@H]1CC2(CC[C@H]1N1CCCCC1)OCCO2. The predicted octanol–water partition coefficient (Wildman–Crippen LogP) is 1.36. The summed E-state index contributed by atoms with van der Waals surface area (Å²) in [6, 6.07) is 1.18. The normalized spacial score (nSPS) is 37.2. The number of likely N-dealkylation sites (tertiary alicyclic amines) is 1. The third kappa shape index (κ3) is 2.44. The second kappa shape index (κ2) is 5.45. The van der Waals surface area contributed by atoms with Crippen LogP contribution in [0.25, 0.3) is 0 Å². The molecule has 1 saturated carbocycles. The molecule has 0 aromatic carbocycles. The number of nitrogens with zero attached hydrogens (tertiary/aromatic N) is 1. The quantitative estimate of drug-likeness (QED) is 0.806. The van der Waals surface area contributed by atoms with Gasteiger partial charge in [0.2, 0.25) is 0 Å². The minimum absolute atomic E-state index is 0.264. The summed E-state index contributed by atoms with van der Waals surface area (Å²) in [5.41, 5.74) is 0. The van der Waals surface area contributed by atoms with Crippen LogP contribution in [-0.2, 0) is 9.47 Å². The molecule has 0 unspecified atom stereocenters. The van der Waals surface area contributed by atoms with Crippen LogP contribution in [-0.4, -0.2) is 56.1 Å². The first-order valence-corrected chi connectivity index (χ1v) is 7.52. The van der Waals surface area contributed by atoms with Crippen LogP contribution in [0.15, 0.2) is 0 Å². The second-order valence-corrected chi connectivity index (χ2v) is 5.91. The number of hydrogen-bond acceptors (Lipinski definition) is 4. The molecular formula is C14H26N2O2. The van der Waals surface area contributed by atoms with Crippen molar-refractivity contribution >= 4 is 0 Å².